The summed E-state index contributed by atoms with van der Waals surface area (Å²) < 4.78 is 21.2. The lowest BCUT2D eigenvalue weighted by Crippen LogP contribution is -2.54. The molecule has 0 spiro atoms. The Hall–Kier alpha value is -3.86. The van der Waals surface area contributed by atoms with E-state index in [0.717, 1.165) is 4.90 Å². The van der Waals surface area contributed by atoms with Gasteiger partial charge in [-0.05, 0) is 55.0 Å². The first-order valence-electron chi connectivity index (χ1n) is 10.0. The van der Waals surface area contributed by atoms with Crippen molar-refractivity contribution in [3.8, 4) is 17.2 Å². The number of halogens is 1. The molecule has 0 radical (unpaired) electrons. The number of carbonyl (C=O) groups excluding carboxylic acids is 4. The summed E-state index contributed by atoms with van der Waals surface area (Å²) in [5.74, 6) is -1.13. The number of nitrogens with one attached hydrogen (secondary N) is 1. The number of ether oxygens (including phenoxy) is 4. The number of methoxy groups -OCH3 is 2. The molecule has 34 heavy (non-hydrogen) atoms. The highest BCUT2D eigenvalue weighted by Crippen LogP contribution is 2.35. The number of anilines is 1. The van der Waals surface area contributed by atoms with Crippen molar-refractivity contribution in [1.82, 2.24) is 5.32 Å². The second-order valence-corrected chi connectivity index (χ2v) is 7.63. The van der Waals surface area contributed by atoms with E-state index in [4.69, 9.17) is 18.9 Å². The number of rotatable bonds is 8. The van der Waals surface area contributed by atoms with Gasteiger partial charge < -0.3 is 18.9 Å². The molecule has 2 aromatic carbocycles. The predicted octanol–water partition coefficient (Wildman–Crippen LogP) is 3.07. The molecule has 10 nitrogen and oxygen atoms in total. The van der Waals surface area contributed by atoms with Crippen LogP contribution in [0.3, 0.4) is 0 Å². The van der Waals surface area contributed by atoms with Gasteiger partial charge in [0.05, 0.1) is 26.5 Å². The van der Waals surface area contributed by atoms with E-state index in [9.17, 15) is 19.2 Å². The third kappa shape index (κ3) is 5.37. The van der Waals surface area contributed by atoms with Gasteiger partial charge >= 0.3 is 12.0 Å². The molecule has 0 aromatic heterocycles. The fourth-order valence-corrected chi connectivity index (χ4v) is 3.49. The Morgan fingerprint density at radius 1 is 1.06 bits per heavy atom. The zero-order valence-electron chi connectivity index (χ0n) is 18.5. The van der Waals surface area contributed by atoms with Crippen molar-refractivity contribution >= 4 is 51.5 Å². The highest BCUT2D eigenvalue weighted by molar-refractivity contribution is 9.10. The number of carbonyl (C=O) groups is 4. The zero-order valence-corrected chi connectivity index (χ0v) is 20.1. The molecule has 178 valence electrons. The van der Waals surface area contributed by atoms with Crippen molar-refractivity contribution in [3.63, 3.8) is 0 Å². The third-order valence-electron chi connectivity index (χ3n) is 4.67. The second kappa shape index (κ2) is 10.8. The molecule has 0 unspecified atom stereocenters. The predicted molar refractivity (Wildman–Crippen MR) is 125 cm³/mol. The SMILES string of the molecule is CCOC(=O)COc1cc(Br)c(/C=C2/C(=O)NC(=O)N(c3ccc(OC)cc3)C2=O)cc1OC. The van der Waals surface area contributed by atoms with Crippen LogP contribution in [0.4, 0.5) is 10.5 Å². The molecule has 3 rings (SSSR count). The monoisotopic (exact) mass is 532 g/mol. The molecule has 2 aromatic rings. The number of benzene rings is 2. The summed E-state index contributed by atoms with van der Waals surface area (Å²) in [6.45, 7) is 1.59. The molecule has 11 heteroatoms. The number of hydrogen-bond acceptors (Lipinski definition) is 8. The van der Waals surface area contributed by atoms with Gasteiger partial charge in [-0.2, -0.15) is 0 Å². The van der Waals surface area contributed by atoms with E-state index in [1.807, 2.05) is 0 Å². The van der Waals surface area contributed by atoms with Crippen LogP contribution in [0, 0.1) is 0 Å². The highest BCUT2D eigenvalue weighted by atomic mass is 79.9. The summed E-state index contributed by atoms with van der Waals surface area (Å²) in [7, 11) is 2.90. The second-order valence-electron chi connectivity index (χ2n) is 6.77. The minimum atomic E-state index is -0.864. The maximum atomic E-state index is 13.1. The van der Waals surface area contributed by atoms with Crippen molar-refractivity contribution < 1.29 is 38.1 Å². The molecule has 0 saturated carbocycles. The first-order valence-corrected chi connectivity index (χ1v) is 10.8. The van der Waals surface area contributed by atoms with Crippen LogP contribution >= 0.6 is 15.9 Å². The topological polar surface area (TPSA) is 120 Å². The van der Waals surface area contributed by atoms with Gasteiger partial charge in [0.15, 0.2) is 18.1 Å². The summed E-state index contributed by atoms with van der Waals surface area (Å²) in [6, 6.07) is 8.42. The number of imide groups is 2. The first-order chi connectivity index (χ1) is 16.3. The standard InChI is InChI=1S/C23H21BrN2O8/c1-4-33-20(27)12-34-19-11-17(24)13(10-18(19)32-3)9-16-21(28)25-23(30)26(22(16)29)14-5-7-15(31-2)8-6-14/h5-11H,4,12H2,1-3H3,(H,25,28,30)/b16-9-. The van der Waals surface area contributed by atoms with Crippen molar-refractivity contribution in [1.29, 1.82) is 0 Å². The summed E-state index contributed by atoms with van der Waals surface area (Å²) in [5, 5.41) is 2.17. The maximum Gasteiger partial charge on any atom is 0.344 e. The van der Waals surface area contributed by atoms with Crippen molar-refractivity contribution in [2.24, 2.45) is 0 Å². The quantitative estimate of drug-likeness (QED) is 0.312. The van der Waals surface area contributed by atoms with Gasteiger partial charge in [-0.3, -0.25) is 14.9 Å². The van der Waals surface area contributed by atoms with E-state index >= 15 is 0 Å². The lowest BCUT2D eigenvalue weighted by Gasteiger charge is -2.26. The molecular weight excluding hydrogens is 512 g/mol. The minimum absolute atomic E-state index is 0.224. The van der Waals surface area contributed by atoms with Gasteiger partial charge in [0.25, 0.3) is 11.8 Å². The Kier molecular flexibility index (Phi) is 7.90. The lowest BCUT2D eigenvalue weighted by molar-refractivity contribution is -0.145. The number of amides is 4. The van der Waals surface area contributed by atoms with E-state index in [-0.39, 0.29) is 36.0 Å². The fraction of sp³-hybridized carbons (Fsp3) is 0.217. The molecule has 1 aliphatic rings. The first kappa shape index (κ1) is 24.8. The van der Waals surface area contributed by atoms with Crippen LogP contribution in [0.5, 0.6) is 17.2 Å². The number of urea groups is 1. The number of nitrogens with zero attached hydrogens (tertiary/aromatic N) is 1. The fourth-order valence-electron chi connectivity index (χ4n) is 3.05. The summed E-state index contributed by atoms with van der Waals surface area (Å²) >= 11 is 3.37. The largest absolute Gasteiger partial charge is 0.497 e. The highest BCUT2D eigenvalue weighted by Gasteiger charge is 2.37. The van der Waals surface area contributed by atoms with E-state index in [0.29, 0.717) is 15.8 Å². The van der Waals surface area contributed by atoms with Crippen molar-refractivity contribution in [2.45, 2.75) is 6.92 Å². The number of barbiturate groups is 1. The molecule has 0 bridgehead atoms. The maximum absolute atomic E-state index is 13.1. The molecule has 1 fully saturated rings. The average Bonchev–Trinajstić information content (AvgIpc) is 2.81. The number of hydrogen-bond donors (Lipinski definition) is 1. The number of esters is 1. The molecule has 4 amide bonds. The van der Waals surface area contributed by atoms with Crippen LogP contribution in [0.15, 0.2) is 46.4 Å². The van der Waals surface area contributed by atoms with Gasteiger partial charge in [-0.15, -0.1) is 0 Å². The van der Waals surface area contributed by atoms with Gasteiger partial charge in [-0.25, -0.2) is 14.5 Å². The Morgan fingerprint density at radius 3 is 2.38 bits per heavy atom. The molecule has 1 saturated heterocycles. The summed E-state index contributed by atoms with van der Waals surface area (Å²) in [6.07, 6.45) is 1.32. The van der Waals surface area contributed by atoms with E-state index in [2.05, 4.69) is 21.2 Å². The molecule has 1 N–H and O–H groups in total. The van der Waals surface area contributed by atoms with E-state index < -0.39 is 23.8 Å². The van der Waals surface area contributed by atoms with Crippen LogP contribution in [0.2, 0.25) is 0 Å². The van der Waals surface area contributed by atoms with E-state index in [1.165, 1.54) is 44.6 Å². The Balaban J connectivity index is 1.93. The van der Waals surface area contributed by atoms with Gasteiger partial charge in [-0.1, -0.05) is 15.9 Å². The summed E-state index contributed by atoms with van der Waals surface area (Å²) in [5.41, 5.74) is 0.405. The Labute approximate surface area is 203 Å². The van der Waals surface area contributed by atoms with Crippen LogP contribution in [-0.2, 0) is 19.1 Å². The van der Waals surface area contributed by atoms with Gasteiger partial charge in [0.1, 0.15) is 11.3 Å². The van der Waals surface area contributed by atoms with Gasteiger partial charge in [0.2, 0.25) is 0 Å². The van der Waals surface area contributed by atoms with Crippen molar-refractivity contribution in [2.75, 3.05) is 32.3 Å². The minimum Gasteiger partial charge on any atom is -0.497 e. The van der Waals surface area contributed by atoms with Crippen LogP contribution < -0.4 is 24.4 Å². The lowest BCUT2D eigenvalue weighted by atomic mass is 10.1. The van der Waals surface area contributed by atoms with Crippen LogP contribution in [-0.4, -0.2) is 51.2 Å². The van der Waals surface area contributed by atoms with Crippen molar-refractivity contribution in [3.05, 3.63) is 52.0 Å². The summed E-state index contributed by atoms with van der Waals surface area (Å²) in [4.78, 5) is 50.4. The van der Waals surface area contributed by atoms with Crippen LogP contribution in [0.1, 0.15) is 12.5 Å². The molecule has 1 aliphatic heterocycles. The smallest absolute Gasteiger partial charge is 0.344 e. The molecule has 0 aliphatic carbocycles. The molecular formula is C23H21BrN2O8. The van der Waals surface area contributed by atoms with E-state index in [1.54, 1.807) is 19.1 Å². The van der Waals surface area contributed by atoms with Gasteiger partial charge in [0, 0.05) is 4.47 Å². The zero-order chi connectivity index (χ0) is 24.8. The normalized spacial score (nSPS) is 14.6. The average molecular weight is 533 g/mol. The third-order valence-corrected chi connectivity index (χ3v) is 5.35. The molecule has 1 heterocycles. The molecule has 0 atom stereocenters. The Morgan fingerprint density at radius 2 is 1.76 bits per heavy atom. The van der Waals surface area contributed by atoms with Crippen LogP contribution in [0.25, 0.3) is 6.08 Å². The Bertz CT molecular complexity index is 1160.